The van der Waals surface area contributed by atoms with Crippen LogP contribution in [-0.2, 0) is 9.47 Å². The van der Waals surface area contributed by atoms with Crippen molar-refractivity contribution in [3.63, 3.8) is 0 Å². The predicted octanol–water partition coefficient (Wildman–Crippen LogP) is 3.56. The van der Waals surface area contributed by atoms with Gasteiger partial charge in [0.1, 0.15) is 0 Å². The Labute approximate surface area is 89.0 Å². The van der Waals surface area contributed by atoms with E-state index in [1.54, 1.807) is 0 Å². The maximum Gasteiger partial charge on any atom is 0.0862 e. The van der Waals surface area contributed by atoms with Gasteiger partial charge in [-0.15, -0.1) is 0 Å². The molecule has 0 aliphatic carbocycles. The smallest absolute Gasteiger partial charge is 0.0862 e. The van der Waals surface area contributed by atoms with Crippen LogP contribution in [0.25, 0.3) is 0 Å². The van der Waals surface area contributed by atoms with Crippen molar-refractivity contribution >= 4 is 0 Å². The van der Waals surface area contributed by atoms with E-state index in [9.17, 15) is 0 Å². The molecule has 0 saturated heterocycles. The highest BCUT2D eigenvalue weighted by Crippen LogP contribution is 2.03. The molecular weight excluding hydrogens is 176 g/mol. The molecule has 85 valence electrons. The molecule has 0 bridgehead atoms. The van der Waals surface area contributed by atoms with Crippen LogP contribution in [0.3, 0.4) is 0 Å². The first kappa shape index (κ1) is 13.9. The summed E-state index contributed by atoms with van der Waals surface area (Å²) < 4.78 is 10.9. The van der Waals surface area contributed by atoms with Crippen molar-refractivity contribution in [3.8, 4) is 0 Å². The molecule has 1 atom stereocenters. The molecule has 0 aromatic heterocycles. The van der Waals surface area contributed by atoms with E-state index in [1.165, 1.54) is 12.8 Å². The number of ether oxygens (including phenoxy) is 2. The molecule has 0 aromatic carbocycles. The van der Waals surface area contributed by atoms with Gasteiger partial charge >= 0.3 is 0 Å². The van der Waals surface area contributed by atoms with Crippen molar-refractivity contribution < 1.29 is 9.47 Å². The number of unbranched alkanes of at least 4 members (excludes halogenated alkanes) is 2. The fraction of sp³-hybridized carbons (Fsp3) is 0.917. The van der Waals surface area contributed by atoms with E-state index in [-0.39, 0.29) is 0 Å². The zero-order valence-electron chi connectivity index (χ0n) is 9.92. The van der Waals surface area contributed by atoms with E-state index in [2.05, 4.69) is 20.8 Å². The predicted molar refractivity (Wildman–Crippen MR) is 60.1 cm³/mol. The van der Waals surface area contributed by atoms with Crippen LogP contribution in [-0.4, -0.2) is 19.3 Å². The van der Waals surface area contributed by atoms with Crippen LogP contribution in [0.5, 0.6) is 0 Å². The number of hydrogen-bond donors (Lipinski definition) is 0. The SMILES string of the molecule is CCCCO[CH]CC(C)OCCCC. The van der Waals surface area contributed by atoms with Crippen molar-refractivity contribution in [2.45, 2.75) is 59.0 Å². The third-order valence-corrected chi connectivity index (χ3v) is 2.06. The van der Waals surface area contributed by atoms with Gasteiger partial charge in [0.2, 0.25) is 0 Å². The fourth-order valence-corrected chi connectivity index (χ4v) is 1.01. The minimum Gasteiger partial charge on any atom is -0.378 e. The molecule has 0 saturated carbocycles. The van der Waals surface area contributed by atoms with Gasteiger partial charge in [-0.1, -0.05) is 26.7 Å². The van der Waals surface area contributed by atoms with Crippen LogP contribution >= 0.6 is 0 Å². The highest BCUT2D eigenvalue weighted by Gasteiger charge is 2.01. The summed E-state index contributed by atoms with van der Waals surface area (Å²) in [4.78, 5) is 0. The Bertz CT molecular complexity index is 104. The Kier molecular flexibility index (Phi) is 10.9. The van der Waals surface area contributed by atoms with Crippen molar-refractivity contribution in [1.29, 1.82) is 0 Å². The van der Waals surface area contributed by atoms with Crippen LogP contribution in [0.15, 0.2) is 0 Å². The molecule has 2 heteroatoms. The summed E-state index contributed by atoms with van der Waals surface area (Å²) in [5.74, 6) is 0. The van der Waals surface area contributed by atoms with Gasteiger partial charge < -0.3 is 9.47 Å². The normalized spacial score (nSPS) is 13.1. The lowest BCUT2D eigenvalue weighted by atomic mass is 10.3. The molecule has 1 unspecified atom stereocenters. The molecule has 14 heavy (non-hydrogen) atoms. The monoisotopic (exact) mass is 201 g/mol. The third kappa shape index (κ3) is 10.0. The summed E-state index contributed by atoms with van der Waals surface area (Å²) in [5, 5.41) is 0. The van der Waals surface area contributed by atoms with E-state index in [4.69, 9.17) is 9.47 Å². The van der Waals surface area contributed by atoms with Gasteiger partial charge in [-0.2, -0.15) is 0 Å². The second-order valence-corrected chi connectivity index (χ2v) is 3.66. The minimum atomic E-state index is 0.295. The molecule has 0 heterocycles. The van der Waals surface area contributed by atoms with Crippen LogP contribution < -0.4 is 0 Å². The molecule has 0 rings (SSSR count). The van der Waals surface area contributed by atoms with Gasteiger partial charge in [-0.25, -0.2) is 0 Å². The lowest BCUT2D eigenvalue weighted by molar-refractivity contribution is 0.0480. The molecule has 0 spiro atoms. The second-order valence-electron chi connectivity index (χ2n) is 3.66. The van der Waals surface area contributed by atoms with Crippen molar-refractivity contribution in [3.05, 3.63) is 6.61 Å². The zero-order valence-corrected chi connectivity index (χ0v) is 9.92. The average Bonchev–Trinajstić information content (AvgIpc) is 2.18. The summed E-state index contributed by atoms with van der Waals surface area (Å²) in [5.41, 5.74) is 0. The largest absolute Gasteiger partial charge is 0.378 e. The fourth-order valence-electron chi connectivity index (χ4n) is 1.01. The third-order valence-electron chi connectivity index (χ3n) is 2.06. The molecule has 0 N–H and O–H groups in total. The lowest BCUT2D eigenvalue weighted by Gasteiger charge is -2.12. The Morgan fingerprint density at radius 3 is 2.36 bits per heavy atom. The van der Waals surface area contributed by atoms with Crippen molar-refractivity contribution in [2.75, 3.05) is 13.2 Å². The van der Waals surface area contributed by atoms with E-state index >= 15 is 0 Å². The summed E-state index contributed by atoms with van der Waals surface area (Å²) >= 11 is 0. The van der Waals surface area contributed by atoms with E-state index in [0.717, 1.165) is 32.5 Å². The minimum absolute atomic E-state index is 0.295. The summed E-state index contributed by atoms with van der Waals surface area (Å²) in [6.45, 7) is 10.0. The number of hydrogen-bond acceptors (Lipinski definition) is 2. The van der Waals surface area contributed by atoms with Gasteiger partial charge in [0.15, 0.2) is 0 Å². The van der Waals surface area contributed by atoms with Gasteiger partial charge in [0, 0.05) is 19.6 Å². The van der Waals surface area contributed by atoms with Crippen LogP contribution in [0.4, 0.5) is 0 Å². The molecule has 0 amide bonds. The Morgan fingerprint density at radius 1 is 1.07 bits per heavy atom. The first-order chi connectivity index (χ1) is 6.81. The van der Waals surface area contributed by atoms with E-state index in [1.807, 2.05) is 6.61 Å². The van der Waals surface area contributed by atoms with Gasteiger partial charge in [-0.05, 0) is 19.8 Å². The molecule has 0 fully saturated rings. The molecular formula is C12H25O2. The Morgan fingerprint density at radius 2 is 1.71 bits per heavy atom. The molecule has 0 aliphatic rings. The zero-order chi connectivity index (χ0) is 10.6. The van der Waals surface area contributed by atoms with E-state index in [0.29, 0.717) is 6.10 Å². The molecule has 2 nitrogen and oxygen atoms in total. The van der Waals surface area contributed by atoms with Gasteiger partial charge in [-0.3, -0.25) is 0 Å². The highest BCUT2D eigenvalue weighted by molar-refractivity contribution is 4.58. The van der Waals surface area contributed by atoms with Crippen molar-refractivity contribution in [2.24, 2.45) is 0 Å². The Balaban J connectivity index is 3.06. The quantitative estimate of drug-likeness (QED) is 0.503. The second kappa shape index (κ2) is 11.0. The maximum atomic E-state index is 5.58. The first-order valence-electron chi connectivity index (χ1n) is 5.86. The van der Waals surface area contributed by atoms with Crippen molar-refractivity contribution in [1.82, 2.24) is 0 Å². The van der Waals surface area contributed by atoms with Crippen LogP contribution in [0.1, 0.15) is 52.9 Å². The molecule has 0 aliphatic heterocycles. The topological polar surface area (TPSA) is 18.5 Å². The van der Waals surface area contributed by atoms with E-state index < -0.39 is 0 Å². The van der Waals surface area contributed by atoms with Gasteiger partial charge in [0.05, 0.1) is 12.7 Å². The lowest BCUT2D eigenvalue weighted by Crippen LogP contribution is -2.10. The maximum absolute atomic E-state index is 5.58. The standard InChI is InChI=1S/C12H25O2/c1-4-6-9-13-11-8-12(3)14-10-7-5-2/h11-12H,4-10H2,1-3H3. The number of rotatable bonds is 10. The van der Waals surface area contributed by atoms with Crippen LogP contribution in [0, 0.1) is 6.61 Å². The summed E-state index contributed by atoms with van der Waals surface area (Å²) in [6, 6.07) is 0. The molecule has 1 radical (unpaired) electrons. The average molecular weight is 201 g/mol. The first-order valence-corrected chi connectivity index (χ1v) is 5.86. The summed E-state index contributed by atoms with van der Waals surface area (Å²) in [6.07, 6.45) is 5.87. The summed E-state index contributed by atoms with van der Waals surface area (Å²) in [7, 11) is 0. The Hall–Kier alpha value is -0.0800. The van der Waals surface area contributed by atoms with Gasteiger partial charge in [0.25, 0.3) is 0 Å². The molecule has 0 aromatic rings. The van der Waals surface area contributed by atoms with Crippen LogP contribution in [0.2, 0.25) is 0 Å². The highest BCUT2D eigenvalue weighted by atomic mass is 16.5.